The van der Waals surface area contributed by atoms with Crippen molar-refractivity contribution in [3.05, 3.63) is 24.5 Å². The summed E-state index contributed by atoms with van der Waals surface area (Å²) in [4.78, 5) is 18.7. The summed E-state index contributed by atoms with van der Waals surface area (Å²) in [5.74, 6) is 0. The van der Waals surface area contributed by atoms with Crippen LogP contribution in [0.4, 0.5) is 10.5 Å². The molecule has 2 aromatic rings. The number of benzene rings is 1. The summed E-state index contributed by atoms with van der Waals surface area (Å²) >= 11 is 0. The molecule has 1 heterocycles. The van der Waals surface area contributed by atoms with Crippen molar-refractivity contribution < 1.29 is 9.53 Å². The number of hydrogen-bond donors (Lipinski definition) is 3. The van der Waals surface area contributed by atoms with Crippen LogP contribution in [0.2, 0.25) is 0 Å². The molecule has 18 heavy (non-hydrogen) atoms. The fourth-order valence-electron chi connectivity index (χ4n) is 1.61. The van der Waals surface area contributed by atoms with E-state index < -0.39 is 0 Å². The second-order valence-electron chi connectivity index (χ2n) is 3.86. The Hall–Kier alpha value is -2.08. The Morgan fingerprint density at radius 2 is 2.39 bits per heavy atom. The number of carbonyl (C=O) groups excluding carboxylic acids is 1. The van der Waals surface area contributed by atoms with Crippen molar-refractivity contribution in [3.8, 4) is 0 Å². The maximum atomic E-state index is 11.6. The Morgan fingerprint density at radius 1 is 1.50 bits per heavy atom. The lowest BCUT2D eigenvalue weighted by atomic mass is 10.3. The number of urea groups is 1. The molecule has 0 saturated carbocycles. The van der Waals surface area contributed by atoms with Crippen LogP contribution >= 0.6 is 0 Å². The van der Waals surface area contributed by atoms with Crippen LogP contribution in [0.5, 0.6) is 0 Å². The van der Waals surface area contributed by atoms with E-state index >= 15 is 0 Å². The van der Waals surface area contributed by atoms with E-state index in [0.717, 1.165) is 23.1 Å². The molecule has 0 bridgehead atoms. The summed E-state index contributed by atoms with van der Waals surface area (Å²) in [5.41, 5.74) is 2.50. The molecule has 0 atom stereocenters. The Morgan fingerprint density at radius 3 is 3.22 bits per heavy atom. The molecule has 3 N–H and O–H groups in total. The number of rotatable bonds is 5. The second kappa shape index (κ2) is 6.02. The van der Waals surface area contributed by atoms with E-state index in [1.807, 2.05) is 18.2 Å². The first-order chi connectivity index (χ1) is 8.79. The van der Waals surface area contributed by atoms with Gasteiger partial charge in [0.05, 0.1) is 17.4 Å². The summed E-state index contributed by atoms with van der Waals surface area (Å²) in [6.45, 7) is 1.23. The summed E-state index contributed by atoms with van der Waals surface area (Å²) in [6.07, 6.45) is 2.42. The van der Waals surface area contributed by atoms with Crippen LogP contribution in [-0.2, 0) is 4.74 Å². The van der Waals surface area contributed by atoms with E-state index in [0.29, 0.717) is 13.2 Å². The number of anilines is 1. The highest BCUT2D eigenvalue weighted by Crippen LogP contribution is 2.15. The van der Waals surface area contributed by atoms with Crippen molar-refractivity contribution in [2.45, 2.75) is 6.42 Å². The van der Waals surface area contributed by atoms with Gasteiger partial charge in [0.15, 0.2) is 0 Å². The minimum absolute atomic E-state index is 0.218. The number of aromatic nitrogens is 2. The van der Waals surface area contributed by atoms with E-state index in [9.17, 15) is 4.79 Å². The smallest absolute Gasteiger partial charge is 0.319 e. The van der Waals surface area contributed by atoms with Gasteiger partial charge in [-0.05, 0) is 24.6 Å². The molecule has 0 fully saturated rings. The molecule has 6 nitrogen and oxygen atoms in total. The van der Waals surface area contributed by atoms with Gasteiger partial charge in [-0.15, -0.1) is 0 Å². The number of aromatic amines is 1. The predicted octanol–water partition coefficient (Wildman–Crippen LogP) is 1.72. The normalized spacial score (nSPS) is 10.5. The van der Waals surface area contributed by atoms with Crippen LogP contribution in [0.25, 0.3) is 11.0 Å². The molecule has 1 aromatic heterocycles. The molecular weight excluding hydrogens is 232 g/mol. The molecule has 0 spiro atoms. The van der Waals surface area contributed by atoms with Crippen molar-refractivity contribution in [2.75, 3.05) is 25.6 Å². The van der Waals surface area contributed by atoms with Crippen LogP contribution in [0.15, 0.2) is 24.5 Å². The Labute approximate surface area is 105 Å². The van der Waals surface area contributed by atoms with Gasteiger partial charge in [0, 0.05) is 25.9 Å². The SMILES string of the molecule is COCCCNC(=O)Nc1ccc2nc[nH]c2c1. The zero-order valence-electron chi connectivity index (χ0n) is 10.2. The van der Waals surface area contributed by atoms with Gasteiger partial charge in [-0.1, -0.05) is 0 Å². The zero-order valence-corrected chi connectivity index (χ0v) is 10.2. The van der Waals surface area contributed by atoms with E-state index in [2.05, 4.69) is 20.6 Å². The highest BCUT2D eigenvalue weighted by atomic mass is 16.5. The van der Waals surface area contributed by atoms with Gasteiger partial charge in [0.1, 0.15) is 0 Å². The lowest BCUT2D eigenvalue weighted by Gasteiger charge is -2.07. The first-order valence-electron chi connectivity index (χ1n) is 5.76. The first kappa shape index (κ1) is 12.4. The fraction of sp³-hybridized carbons (Fsp3) is 0.333. The molecular formula is C12H16N4O2. The standard InChI is InChI=1S/C12H16N4O2/c1-18-6-2-5-13-12(17)16-9-3-4-10-11(7-9)15-8-14-10/h3-4,7-8H,2,5-6H2,1H3,(H,14,15)(H2,13,16,17). The summed E-state index contributed by atoms with van der Waals surface area (Å²) in [7, 11) is 1.64. The van der Waals surface area contributed by atoms with Crippen molar-refractivity contribution in [1.82, 2.24) is 15.3 Å². The average molecular weight is 248 g/mol. The number of nitrogens with one attached hydrogen (secondary N) is 3. The van der Waals surface area contributed by atoms with Crippen molar-refractivity contribution in [1.29, 1.82) is 0 Å². The number of hydrogen-bond acceptors (Lipinski definition) is 3. The van der Waals surface area contributed by atoms with Gasteiger partial charge in [-0.25, -0.2) is 9.78 Å². The average Bonchev–Trinajstić information content (AvgIpc) is 2.82. The Kier molecular flexibility index (Phi) is 4.14. The van der Waals surface area contributed by atoms with Crippen LogP contribution in [0.3, 0.4) is 0 Å². The third-order valence-electron chi connectivity index (χ3n) is 2.49. The third-order valence-corrected chi connectivity index (χ3v) is 2.49. The van der Waals surface area contributed by atoms with E-state index in [1.165, 1.54) is 0 Å². The van der Waals surface area contributed by atoms with Crippen LogP contribution in [-0.4, -0.2) is 36.3 Å². The predicted molar refractivity (Wildman–Crippen MR) is 69.6 cm³/mol. The summed E-state index contributed by atoms with van der Waals surface area (Å²) in [6, 6.07) is 5.30. The van der Waals surface area contributed by atoms with E-state index in [1.54, 1.807) is 13.4 Å². The minimum atomic E-state index is -0.218. The van der Waals surface area contributed by atoms with Crippen molar-refractivity contribution in [2.24, 2.45) is 0 Å². The lowest BCUT2D eigenvalue weighted by Crippen LogP contribution is -2.30. The molecule has 2 amide bonds. The van der Waals surface area contributed by atoms with Gasteiger partial charge in [0.2, 0.25) is 0 Å². The van der Waals surface area contributed by atoms with Gasteiger partial charge < -0.3 is 20.4 Å². The number of fused-ring (bicyclic) bond motifs is 1. The lowest BCUT2D eigenvalue weighted by molar-refractivity contribution is 0.194. The molecule has 1 aromatic carbocycles. The molecule has 0 aliphatic heterocycles. The number of ether oxygens (including phenoxy) is 1. The highest BCUT2D eigenvalue weighted by Gasteiger charge is 2.02. The van der Waals surface area contributed by atoms with Crippen LogP contribution < -0.4 is 10.6 Å². The number of nitrogens with zero attached hydrogens (tertiary/aromatic N) is 1. The molecule has 0 radical (unpaired) electrons. The molecule has 0 unspecified atom stereocenters. The van der Waals surface area contributed by atoms with Gasteiger partial charge in [-0.2, -0.15) is 0 Å². The first-order valence-corrected chi connectivity index (χ1v) is 5.76. The van der Waals surface area contributed by atoms with E-state index in [-0.39, 0.29) is 6.03 Å². The van der Waals surface area contributed by atoms with Gasteiger partial charge >= 0.3 is 6.03 Å². The third kappa shape index (κ3) is 3.21. The highest BCUT2D eigenvalue weighted by molar-refractivity contribution is 5.91. The minimum Gasteiger partial charge on any atom is -0.385 e. The van der Waals surface area contributed by atoms with Gasteiger partial charge in [-0.3, -0.25) is 0 Å². The summed E-state index contributed by atoms with van der Waals surface area (Å²) < 4.78 is 4.90. The number of amides is 2. The quantitative estimate of drug-likeness (QED) is 0.705. The second-order valence-corrected chi connectivity index (χ2v) is 3.86. The summed E-state index contributed by atoms with van der Waals surface area (Å²) in [5, 5.41) is 5.51. The molecule has 0 aliphatic carbocycles. The van der Waals surface area contributed by atoms with Gasteiger partial charge in [0.25, 0.3) is 0 Å². The molecule has 0 saturated heterocycles. The Balaban J connectivity index is 1.86. The Bertz CT molecular complexity index is 524. The fourth-order valence-corrected chi connectivity index (χ4v) is 1.61. The maximum Gasteiger partial charge on any atom is 0.319 e. The number of imidazole rings is 1. The molecule has 96 valence electrons. The van der Waals surface area contributed by atoms with E-state index in [4.69, 9.17) is 4.74 Å². The monoisotopic (exact) mass is 248 g/mol. The number of H-pyrrole nitrogens is 1. The van der Waals surface area contributed by atoms with Crippen LogP contribution in [0, 0.1) is 0 Å². The molecule has 0 aliphatic rings. The van der Waals surface area contributed by atoms with Crippen molar-refractivity contribution >= 4 is 22.8 Å². The van der Waals surface area contributed by atoms with Crippen molar-refractivity contribution in [3.63, 3.8) is 0 Å². The van der Waals surface area contributed by atoms with Crippen LogP contribution in [0.1, 0.15) is 6.42 Å². The maximum absolute atomic E-state index is 11.6. The largest absolute Gasteiger partial charge is 0.385 e. The molecule has 2 rings (SSSR count). The topological polar surface area (TPSA) is 79.0 Å². The number of methoxy groups -OCH3 is 1. The zero-order chi connectivity index (χ0) is 12.8. The number of carbonyl (C=O) groups is 1. The molecule has 6 heteroatoms.